The molecule has 1 saturated carbocycles. The van der Waals surface area contributed by atoms with Gasteiger partial charge in [-0.3, -0.25) is 0 Å². The lowest BCUT2D eigenvalue weighted by atomic mass is 9.78. The number of hydrogen-bond donors (Lipinski definition) is 0. The van der Waals surface area contributed by atoms with Crippen molar-refractivity contribution < 1.29 is 19.0 Å². The summed E-state index contributed by atoms with van der Waals surface area (Å²) in [4.78, 5) is 12.6. The Balaban J connectivity index is 1.21. The summed E-state index contributed by atoms with van der Waals surface area (Å²) >= 11 is 0. The third kappa shape index (κ3) is 16.6. The van der Waals surface area contributed by atoms with Gasteiger partial charge in [0.15, 0.2) is 0 Å². The quantitative estimate of drug-likeness (QED) is 0.0629. The molecule has 0 spiro atoms. The van der Waals surface area contributed by atoms with Crippen LogP contribution in [0.3, 0.4) is 0 Å². The van der Waals surface area contributed by atoms with Crippen LogP contribution in [0.15, 0.2) is 48.5 Å². The van der Waals surface area contributed by atoms with E-state index in [1.807, 2.05) is 24.3 Å². The van der Waals surface area contributed by atoms with Crippen LogP contribution in [0.25, 0.3) is 0 Å². The van der Waals surface area contributed by atoms with Crippen molar-refractivity contribution in [1.82, 2.24) is 0 Å². The molecule has 0 bridgehead atoms. The second kappa shape index (κ2) is 23.8. The summed E-state index contributed by atoms with van der Waals surface area (Å²) < 4.78 is 17.5. The van der Waals surface area contributed by atoms with Crippen molar-refractivity contribution in [3.05, 3.63) is 54.1 Å². The normalized spacial score (nSPS) is 16.4. The number of ether oxygens (including phenoxy) is 3. The van der Waals surface area contributed by atoms with E-state index in [0.717, 1.165) is 49.4 Å². The van der Waals surface area contributed by atoms with E-state index in [1.54, 1.807) is 24.3 Å². The predicted octanol–water partition coefficient (Wildman–Crippen LogP) is 12.5. The minimum atomic E-state index is -0.365. The van der Waals surface area contributed by atoms with Crippen molar-refractivity contribution in [2.24, 2.45) is 11.8 Å². The van der Waals surface area contributed by atoms with Crippen molar-refractivity contribution in [2.45, 2.75) is 155 Å². The minimum Gasteiger partial charge on any atom is -0.494 e. The van der Waals surface area contributed by atoms with E-state index >= 15 is 0 Å². The van der Waals surface area contributed by atoms with Crippen molar-refractivity contribution >= 4 is 5.97 Å². The number of hydrogen-bond acceptors (Lipinski definition) is 4. The molecule has 1 fully saturated rings. The molecule has 252 valence electrons. The average Bonchev–Trinajstić information content (AvgIpc) is 3.07. The number of esters is 1. The smallest absolute Gasteiger partial charge is 0.343 e. The Bertz CT molecular complexity index is 991. The molecule has 2 aromatic rings. The zero-order chi connectivity index (χ0) is 31.8. The summed E-state index contributed by atoms with van der Waals surface area (Å²) in [5, 5.41) is 0. The molecule has 1 aliphatic rings. The monoisotopic (exact) mass is 620 g/mol. The number of rotatable bonds is 25. The Labute approximate surface area is 276 Å². The van der Waals surface area contributed by atoms with Crippen LogP contribution in [0.2, 0.25) is 0 Å². The topological polar surface area (TPSA) is 44.8 Å². The summed E-state index contributed by atoms with van der Waals surface area (Å²) in [6.07, 6.45) is 29.6. The molecule has 0 aliphatic heterocycles. The number of carbonyl (C=O) groups excluding carboxylic acids is 1. The van der Waals surface area contributed by atoms with Gasteiger partial charge in [-0.1, -0.05) is 136 Å². The fraction of sp³-hybridized carbons (Fsp3) is 0.683. The summed E-state index contributed by atoms with van der Waals surface area (Å²) in [5.74, 6) is 3.63. The van der Waals surface area contributed by atoms with Gasteiger partial charge < -0.3 is 14.2 Å². The van der Waals surface area contributed by atoms with Gasteiger partial charge in [-0.25, -0.2) is 4.79 Å². The standard InChI is InChI=1S/C41H64O4/c1-3-5-7-9-10-11-12-13-15-17-33-43-38-27-25-37(26-28-38)41(42)45-40-31-29-39(30-32-40)44-34-18-20-36-23-21-35(22-24-36)19-16-14-8-6-4-2/h25-32,35-36H,3-24,33-34H2,1-2H3. The average molecular weight is 621 g/mol. The van der Waals surface area contributed by atoms with Crippen LogP contribution in [0.1, 0.15) is 165 Å². The zero-order valence-corrected chi connectivity index (χ0v) is 28.9. The Hall–Kier alpha value is -2.49. The highest BCUT2D eigenvalue weighted by molar-refractivity contribution is 5.91. The van der Waals surface area contributed by atoms with E-state index in [9.17, 15) is 4.79 Å². The van der Waals surface area contributed by atoms with Crippen LogP contribution < -0.4 is 14.2 Å². The third-order valence-corrected chi connectivity index (χ3v) is 9.60. The van der Waals surface area contributed by atoms with Gasteiger partial charge in [-0.05, 0) is 79.6 Å². The molecule has 0 N–H and O–H groups in total. The van der Waals surface area contributed by atoms with E-state index in [2.05, 4.69) is 13.8 Å². The first-order valence-corrected chi connectivity index (χ1v) is 18.9. The fourth-order valence-corrected chi connectivity index (χ4v) is 6.64. The van der Waals surface area contributed by atoms with Gasteiger partial charge in [-0.2, -0.15) is 0 Å². The van der Waals surface area contributed by atoms with Gasteiger partial charge in [0.1, 0.15) is 17.2 Å². The van der Waals surface area contributed by atoms with Gasteiger partial charge in [-0.15, -0.1) is 0 Å². The highest BCUT2D eigenvalue weighted by atomic mass is 16.5. The zero-order valence-electron chi connectivity index (χ0n) is 28.9. The third-order valence-electron chi connectivity index (χ3n) is 9.60. The molecular weight excluding hydrogens is 556 g/mol. The van der Waals surface area contributed by atoms with Crippen LogP contribution in [0.4, 0.5) is 0 Å². The van der Waals surface area contributed by atoms with E-state index in [4.69, 9.17) is 14.2 Å². The van der Waals surface area contributed by atoms with Crippen molar-refractivity contribution in [2.75, 3.05) is 13.2 Å². The Morgan fingerprint density at radius 2 is 0.911 bits per heavy atom. The summed E-state index contributed by atoms with van der Waals surface area (Å²) in [7, 11) is 0. The maximum atomic E-state index is 12.6. The van der Waals surface area contributed by atoms with Gasteiger partial charge in [0.25, 0.3) is 0 Å². The van der Waals surface area contributed by atoms with Crippen molar-refractivity contribution in [1.29, 1.82) is 0 Å². The first kappa shape index (κ1) is 37.0. The summed E-state index contributed by atoms with van der Waals surface area (Å²) in [6, 6.07) is 14.6. The van der Waals surface area contributed by atoms with Gasteiger partial charge in [0, 0.05) is 0 Å². The highest BCUT2D eigenvalue weighted by Gasteiger charge is 2.20. The van der Waals surface area contributed by atoms with E-state index in [1.165, 1.54) is 128 Å². The molecule has 1 aliphatic carbocycles. The van der Waals surface area contributed by atoms with Gasteiger partial charge >= 0.3 is 5.97 Å². The SMILES string of the molecule is CCCCCCCCCCCCOc1ccc(C(=O)Oc2ccc(OCCCC3CCC(CCCCCCC)CC3)cc2)cc1. The molecule has 0 aromatic heterocycles. The molecule has 2 aromatic carbocycles. The molecule has 0 atom stereocenters. The second-order valence-electron chi connectivity index (χ2n) is 13.5. The maximum absolute atomic E-state index is 12.6. The van der Waals surface area contributed by atoms with Gasteiger partial charge in [0.2, 0.25) is 0 Å². The second-order valence-corrected chi connectivity index (χ2v) is 13.5. The van der Waals surface area contributed by atoms with Crippen LogP contribution in [-0.2, 0) is 0 Å². The number of carbonyl (C=O) groups is 1. The number of unbranched alkanes of at least 4 members (excludes halogenated alkanes) is 13. The largest absolute Gasteiger partial charge is 0.494 e. The minimum absolute atomic E-state index is 0.365. The molecule has 0 saturated heterocycles. The van der Waals surface area contributed by atoms with E-state index < -0.39 is 0 Å². The summed E-state index contributed by atoms with van der Waals surface area (Å²) in [6.45, 7) is 6.01. The Kier molecular flexibility index (Phi) is 19.5. The van der Waals surface area contributed by atoms with E-state index in [-0.39, 0.29) is 5.97 Å². The molecule has 45 heavy (non-hydrogen) atoms. The molecule has 0 unspecified atom stereocenters. The number of benzene rings is 2. The van der Waals surface area contributed by atoms with E-state index in [0.29, 0.717) is 11.3 Å². The lowest BCUT2D eigenvalue weighted by Gasteiger charge is -2.28. The van der Waals surface area contributed by atoms with Crippen LogP contribution >= 0.6 is 0 Å². The molecule has 0 heterocycles. The highest BCUT2D eigenvalue weighted by Crippen LogP contribution is 2.34. The lowest BCUT2D eigenvalue weighted by Crippen LogP contribution is -2.15. The molecule has 4 heteroatoms. The van der Waals surface area contributed by atoms with Crippen LogP contribution in [0, 0.1) is 11.8 Å². The van der Waals surface area contributed by atoms with Crippen molar-refractivity contribution in [3.8, 4) is 17.2 Å². The first-order chi connectivity index (χ1) is 22.2. The summed E-state index contributed by atoms with van der Waals surface area (Å²) in [5.41, 5.74) is 0.516. The predicted molar refractivity (Wildman–Crippen MR) is 189 cm³/mol. The van der Waals surface area contributed by atoms with Gasteiger partial charge in [0.05, 0.1) is 18.8 Å². The fourth-order valence-electron chi connectivity index (χ4n) is 6.64. The molecule has 4 nitrogen and oxygen atoms in total. The lowest BCUT2D eigenvalue weighted by molar-refractivity contribution is 0.0734. The Morgan fingerprint density at radius 1 is 0.511 bits per heavy atom. The van der Waals surface area contributed by atoms with Crippen LogP contribution in [-0.4, -0.2) is 19.2 Å². The van der Waals surface area contributed by atoms with Crippen LogP contribution in [0.5, 0.6) is 17.2 Å². The molecule has 3 rings (SSSR count). The molecule has 0 amide bonds. The maximum Gasteiger partial charge on any atom is 0.343 e. The molecule has 0 radical (unpaired) electrons. The first-order valence-electron chi connectivity index (χ1n) is 18.9. The molecular formula is C41H64O4. The Morgan fingerprint density at radius 3 is 1.44 bits per heavy atom. The van der Waals surface area contributed by atoms with Crippen molar-refractivity contribution in [3.63, 3.8) is 0 Å².